The van der Waals surface area contributed by atoms with Crippen LogP contribution >= 0.6 is 11.8 Å². The van der Waals surface area contributed by atoms with Gasteiger partial charge in [0.1, 0.15) is 5.82 Å². The minimum Gasteiger partial charge on any atom is -0.399 e. The van der Waals surface area contributed by atoms with Gasteiger partial charge in [0.2, 0.25) is 0 Å². The zero-order valence-electron chi connectivity index (χ0n) is 10.2. The number of hydrogen-bond donors (Lipinski definition) is 1. The fourth-order valence-electron chi connectivity index (χ4n) is 1.64. The van der Waals surface area contributed by atoms with Crippen molar-refractivity contribution in [2.24, 2.45) is 7.05 Å². The third-order valence-electron chi connectivity index (χ3n) is 2.76. The smallest absolute Gasteiger partial charge is 0.109 e. The molecule has 0 amide bonds. The topological polar surface area (TPSA) is 43.8 Å². The molecule has 0 saturated carbocycles. The first-order chi connectivity index (χ1) is 8.16. The van der Waals surface area contributed by atoms with Gasteiger partial charge in [0, 0.05) is 42.2 Å². The highest BCUT2D eigenvalue weighted by molar-refractivity contribution is 7.99. The number of nitrogens with two attached hydrogens (primary N) is 1. The second kappa shape index (κ2) is 5.27. The summed E-state index contributed by atoms with van der Waals surface area (Å²) in [6.45, 7) is 2.04. The molecular formula is C13H17N3S. The van der Waals surface area contributed by atoms with Crippen molar-refractivity contribution in [2.45, 2.75) is 18.2 Å². The van der Waals surface area contributed by atoms with Crippen LogP contribution in [-0.2, 0) is 13.5 Å². The number of aromatic nitrogens is 2. The van der Waals surface area contributed by atoms with Crippen molar-refractivity contribution in [1.29, 1.82) is 0 Å². The molecule has 1 aromatic carbocycles. The first-order valence-electron chi connectivity index (χ1n) is 5.62. The lowest BCUT2D eigenvalue weighted by Crippen LogP contribution is -1.98. The maximum Gasteiger partial charge on any atom is 0.109 e. The quantitative estimate of drug-likeness (QED) is 0.667. The Labute approximate surface area is 106 Å². The van der Waals surface area contributed by atoms with Crippen molar-refractivity contribution < 1.29 is 0 Å². The van der Waals surface area contributed by atoms with E-state index in [1.807, 2.05) is 44.2 Å². The van der Waals surface area contributed by atoms with Gasteiger partial charge in [0.05, 0.1) is 0 Å². The molecule has 0 radical (unpaired) electrons. The van der Waals surface area contributed by atoms with Crippen molar-refractivity contribution in [2.75, 3.05) is 11.5 Å². The zero-order chi connectivity index (χ0) is 12.3. The summed E-state index contributed by atoms with van der Waals surface area (Å²) >= 11 is 1.84. The van der Waals surface area contributed by atoms with Crippen LogP contribution in [0.5, 0.6) is 0 Å². The second-order valence-corrected chi connectivity index (χ2v) is 5.24. The van der Waals surface area contributed by atoms with Gasteiger partial charge in [-0.15, -0.1) is 11.8 Å². The standard InChI is InChI=1S/C13H17N3S/c1-10-9-11(3-4-12(10)14)17-8-5-13-15-6-7-16(13)2/h3-4,6-7,9H,5,8,14H2,1-2H3. The van der Waals surface area contributed by atoms with E-state index in [1.165, 1.54) is 4.90 Å². The molecule has 2 aromatic rings. The van der Waals surface area contributed by atoms with Crippen LogP contribution in [0.25, 0.3) is 0 Å². The number of benzene rings is 1. The molecule has 2 N–H and O–H groups in total. The van der Waals surface area contributed by atoms with E-state index in [9.17, 15) is 0 Å². The van der Waals surface area contributed by atoms with E-state index in [-0.39, 0.29) is 0 Å². The summed E-state index contributed by atoms with van der Waals surface area (Å²) in [5.74, 6) is 2.17. The molecule has 0 spiro atoms. The molecule has 0 fully saturated rings. The molecule has 0 bridgehead atoms. The summed E-state index contributed by atoms with van der Waals surface area (Å²) in [5, 5.41) is 0. The number of anilines is 1. The van der Waals surface area contributed by atoms with Gasteiger partial charge in [-0.05, 0) is 30.7 Å². The van der Waals surface area contributed by atoms with Crippen LogP contribution in [0.15, 0.2) is 35.5 Å². The van der Waals surface area contributed by atoms with Gasteiger partial charge in [0.25, 0.3) is 0 Å². The predicted octanol–water partition coefficient (Wildman–Crippen LogP) is 2.65. The number of aryl methyl sites for hydroxylation is 3. The summed E-state index contributed by atoms with van der Waals surface area (Å²) < 4.78 is 2.06. The Kier molecular flexibility index (Phi) is 3.74. The Morgan fingerprint density at radius 2 is 2.24 bits per heavy atom. The first kappa shape index (κ1) is 12.0. The van der Waals surface area contributed by atoms with Gasteiger partial charge in [0.15, 0.2) is 0 Å². The van der Waals surface area contributed by atoms with Gasteiger partial charge < -0.3 is 10.3 Å². The summed E-state index contributed by atoms with van der Waals surface area (Å²) in [4.78, 5) is 5.58. The molecule has 0 atom stereocenters. The minimum atomic E-state index is 0.860. The summed E-state index contributed by atoms with van der Waals surface area (Å²) in [6, 6.07) is 6.18. The lowest BCUT2D eigenvalue weighted by molar-refractivity contribution is 0.811. The third-order valence-corrected chi connectivity index (χ3v) is 3.75. The highest BCUT2D eigenvalue weighted by atomic mass is 32.2. The van der Waals surface area contributed by atoms with E-state index >= 15 is 0 Å². The molecule has 4 heteroatoms. The van der Waals surface area contributed by atoms with Gasteiger partial charge in [-0.1, -0.05) is 0 Å². The number of thioether (sulfide) groups is 1. The lowest BCUT2D eigenvalue weighted by Gasteiger charge is -2.05. The van der Waals surface area contributed by atoms with Crippen LogP contribution in [-0.4, -0.2) is 15.3 Å². The molecule has 3 nitrogen and oxygen atoms in total. The van der Waals surface area contributed by atoms with Gasteiger partial charge in [-0.2, -0.15) is 0 Å². The van der Waals surface area contributed by atoms with Gasteiger partial charge in [-0.3, -0.25) is 0 Å². The van der Waals surface area contributed by atoms with E-state index < -0.39 is 0 Å². The Balaban J connectivity index is 1.90. The molecule has 0 saturated heterocycles. The average molecular weight is 247 g/mol. The molecule has 90 valence electrons. The molecule has 17 heavy (non-hydrogen) atoms. The van der Waals surface area contributed by atoms with Crippen LogP contribution in [0.4, 0.5) is 5.69 Å². The molecule has 1 aromatic heterocycles. The number of rotatable bonds is 4. The molecule has 0 aliphatic heterocycles. The van der Waals surface area contributed by atoms with E-state index in [0.29, 0.717) is 0 Å². The zero-order valence-corrected chi connectivity index (χ0v) is 11.0. The number of imidazole rings is 1. The number of hydrogen-bond acceptors (Lipinski definition) is 3. The van der Waals surface area contributed by atoms with Crippen molar-refractivity contribution in [3.8, 4) is 0 Å². The largest absolute Gasteiger partial charge is 0.399 e. The Bertz CT molecular complexity index is 505. The summed E-state index contributed by atoms with van der Waals surface area (Å²) in [6.07, 6.45) is 4.80. The molecule has 0 aliphatic rings. The maximum atomic E-state index is 5.79. The van der Waals surface area contributed by atoms with E-state index in [4.69, 9.17) is 5.73 Å². The van der Waals surface area contributed by atoms with Crippen LogP contribution < -0.4 is 5.73 Å². The van der Waals surface area contributed by atoms with Crippen molar-refractivity contribution in [3.63, 3.8) is 0 Å². The summed E-state index contributed by atoms with van der Waals surface area (Å²) in [5.41, 5.74) is 7.80. The van der Waals surface area contributed by atoms with Crippen molar-refractivity contribution in [1.82, 2.24) is 9.55 Å². The molecule has 2 rings (SSSR count). The van der Waals surface area contributed by atoms with Gasteiger partial charge in [-0.25, -0.2) is 4.98 Å². The fourth-order valence-corrected chi connectivity index (χ4v) is 2.58. The lowest BCUT2D eigenvalue weighted by atomic mass is 10.2. The van der Waals surface area contributed by atoms with Crippen LogP contribution in [0.3, 0.4) is 0 Å². The minimum absolute atomic E-state index is 0.860. The fraction of sp³-hybridized carbons (Fsp3) is 0.308. The Morgan fingerprint density at radius 1 is 1.41 bits per heavy atom. The Hall–Kier alpha value is -1.42. The van der Waals surface area contributed by atoms with Crippen molar-refractivity contribution in [3.05, 3.63) is 42.0 Å². The van der Waals surface area contributed by atoms with Crippen molar-refractivity contribution >= 4 is 17.4 Å². The van der Waals surface area contributed by atoms with Gasteiger partial charge >= 0.3 is 0 Å². The predicted molar refractivity (Wildman–Crippen MR) is 73.2 cm³/mol. The van der Waals surface area contributed by atoms with E-state index in [2.05, 4.69) is 21.7 Å². The molecular weight excluding hydrogens is 230 g/mol. The second-order valence-electron chi connectivity index (χ2n) is 4.07. The monoisotopic (exact) mass is 247 g/mol. The Morgan fingerprint density at radius 3 is 2.88 bits per heavy atom. The molecule has 0 unspecified atom stereocenters. The average Bonchev–Trinajstić information content (AvgIpc) is 2.70. The van der Waals surface area contributed by atoms with E-state index in [1.54, 1.807) is 0 Å². The highest BCUT2D eigenvalue weighted by Gasteiger charge is 2.01. The third kappa shape index (κ3) is 3.03. The number of nitrogen functional groups attached to an aromatic ring is 1. The summed E-state index contributed by atoms with van der Waals surface area (Å²) in [7, 11) is 2.03. The maximum absolute atomic E-state index is 5.79. The molecule has 0 aliphatic carbocycles. The van der Waals surface area contributed by atoms with Crippen LogP contribution in [0.2, 0.25) is 0 Å². The number of nitrogens with zero attached hydrogens (tertiary/aromatic N) is 2. The SMILES string of the molecule is Cc1cc(SCCc2nccn2C)ccc1N. The van der Waals surface area contributed by atoms with Crippen LogP contribution in [0, 0.1) is 6.92 Å². The highest BCUT2D eigenvalue weighted by Crippen LogP contribution is 2.22. The van der Waals surface area contributed by atoms with E-state index in [0.717, 1.165) is 29.2 Å². The normalized spacial score (nSPS) is 10.7. The van der Waals surface area contributed by atoms with Crippen LogP contribution in [0.1, 0.15) is 11.4 Å². The molecule has 1 heterocycles. The first-order valence-corrected chi connectivity index (χ1v) is 6.60.